The molecule has 1 fully saturated rings. The van der Waals surface area contributed by atoms with Gasteiger partial charge in [0.25, 0.3) is 5.91 Å². The Labute approximate surface area is 202 Å². The smallest absolute Gasteiger partial charge is 0.314 e. The molecule has 0 aliphatic carbocycles. The number of nitrogens with zero attached hydrogens (tertiary/aromatic N) is 3. The number of nitrogens with two attached hydrogens (primary N) is 1. The number of urea groups is 1. The highest BCUT2D eigenvalue weighted by Gasteiger charge is 2.39. The van der Waals surface area contributed by atoms with Gasteiger partial charge in [0.2, 0.25) is 0 Å². The maximum Gasteiger partial charge on any atom is 0.314 e. The van der Waals surface area contributed by atoms with Gasteiger partial charge < -0.3 is 20.0 Å². The maximum absolute atomic E-state index is 14.1. The molecule has 3 heterocycles. The third-order valence-corrected chi connectivity index (χ3v) is 6.48. The predicted molar refractivity (Wildman–Crippen MR) is 129 cm³/mol. The number of hydrogen-bond donors (Lipinski definition) is 1. The van der Waals surface area contributed by atoms with Gasteiger partial charge in [0, 0.05) is 36.8 Å². The largest absolute Gasteiger partial charge is 0.449 e. The Kier molecular flexibility index (Phi) is 5.84. The molecule has 1 saturated heterocycles. The van der Waals surface area contributed by atoms with E-state index < -0.39 is 17.4 Å². The number of furan rings is 1. The van der Waals surface area contributed by atoms with Crippen LogP contribution in [0.15, 0.2) is 34.7 Å². The molecule has 9 heteroatoms. The Hall–Kier alpha value is -3.13. The molecule has 1 aliphatic rings. The first kappa shape index (κ1) is 24.0. The first-order chi connectivity index (χ1) is 15.8. The van der Waals surface area contributed by atoms with E-state index in [-0.39, 0.29) is 22.1 Å². The molecule has 3 aromatic rings. The van der Waals surface area contributed by atoms with Crippen LogP contribution in [0.2, 0.25) is 5.02 Å². The summed E-state index contributed by atoms with van der Waals surface area (Å²) in [5.41, 5.74) is 7.48. The van der Waals surface area contributed by atoms with Gasteiger partial charge in [-0.15, -0.1) is 0 Å². The normalized spacial score (nSPS) is 16.2. The molecule has 1 aliphatic heterocycles. The van der Waals surface area contributed by atoms with Gasteiger partial charge in [-0.3, -0.25) is 4.79 Å². The number of carbonyl (C=O) groups excluding carboxylic acids is 2. The number of benzene rings is 1. The van der Waals surface area contributed by atoms with Crippen molar-refractivity contribution in [3.05, 3.63) is 52.5 Å². The zero-order chi connectivity index (χ0) is 25.0. The van der Waals surface area contributed by atoms with Crippen LogP contribution in [0.4, 0.5) is 9.18 Å². The molecule has 0 saturated carbocycles. The van der Waals surface area contributed by atoms with Crippen molar-refractivity contribution < 1.29 is 18.4 Å². The number of amides is 3. The fraction of sp³-hybridized carbons (Fsp3) is 0.400. The molecule has 0 bridgehead atoms. The fourth-order valence-corrected chi connectivity index (χ4v) is 4.46. The van der Waals surface area contributed by atoms with Gasteiger partial charge in [-0.05, 0) is 37.5 Å². The highest BCUT2D eigenvalue weighted by Crippen LogP contribution is 2.36. The van der Waals surface area contributed by atoms with E-state index in [1.807, 2.05) is 40.7 Å². The number of halogens is 2. The number of carbonyl (C=O) groups is 2. The van der Waals surface area contributed by atoms with Crippen LogP contribution in [-0.2, 0) is 5.41 Å². The molecular formula is C25H28ClFN4O3. The third-order valence-electron chi connectivity index (χ3n) is 6.17. The maximum atomic E-state index is 14.1. The molecule has 7 nitrogen and oxygen atoms in total. The van der Waals surface area contributed by atoms with E-state index in [1.54, 1.807) is 17.0 Å². The van der Waals surface area contributed by atoms with E-state index in [1.165, 1.54) is 17.0 Å². The minimum absolute atomic E-state index is 0.0381. The van der Waals surface area contributed by atoms with Crippen LogP contribution in [0.5, 0.6) is 0 Å². The minimum Gasteiger partial charge on any atom is -0.449 e. The van der Waals surface area contributed by atoms with Crippen molar-refractivity contribution in [3.8, 4) is 11.3 Å². The number of aromatic nitrogens is 1. The standard InChI is InChI=1S/C25H28ClFN4O3/c1-24(2,3)15-11-18(14-6-7-16(26)17(27)10-14)29-19-12-20(34-21(15)19)22(32)31-9-8-30(23(28)33)13-25(31,4)5/h6-7,10-12H,8-9,13H2,1-5H3,(H2,28,33). The van der Waals surface area contributed by atoms with Gasteiger partial charge in [-0.2, -0.15) is 0 Å². The first-order valence-corrected chi connectivity index (χ1v) is 11.4. The van der Waals surface area contributed by atoms with Gasteiger partial charge in [-0.1, -0.05) is 38.4 Å². The Balaban J connectivity index is 1.78. The summed E-state index contributed by atoms with van der Waals surface area (Å²) >= 11 is 5.85. The van der Waals surface area contributed by atoms with Gasteiger partial charge in [0.05, 0.1) is 16.3 Å². The summed E-state index contributed by atoms with van der Waals surface area (Å²) in [5.74, 6) is -0.655. The lowest BCUT2D eigenvalue weighted by atomic mass is 9.86. The summed E-state index contributed by atoms with van der Waals surface area (Å²) in [5, 5.41) is 0.0381. The summed E-state index contributed by atoms with van der Waals surface area (Å²) in [4.78, 5) is 33.0. The average molecular weight is 487 g/mol. The summed E-state index contributed by atoms with van der Waals surface area (Å²) in [6.07, 6.45) is 0. The molecule has 0 atom stereocenters. The van der Waals surface area contributed by atoms with Crippen LogP contribution in [0, 0.1) is 5.82 Å². The quantitative estimate of drug-likeness (QED) is 0.538. The molecule has 180 valence electrons. The van der Waals surface area contributed by atoms with Crippen molar-refractivity contribution in [1.29, 1.82) is 0 Å². The fourth-order valence-electron chi connectivity index (χ4n) is 4.34. The van der Waals surface area contributed by atoms with E-state index in [4.69, 9.17) is 21.8 Å². The number of primary amides is 1. The van der Waals surface area contributed by atoms with Gasteiger partial charge in [0.15, 0.2) is 11.3 Å². The molecule has 4 rings (SSSR count). The lowest BCUT2D eigenvalue weighted by Crippen LogP contribution is -2.62. The predicted octanol–water partition coefficient (Wildman–Crippen LogP) is 5.20. The third kappa shape index (κ3) is 4.34. The van der Waals surface area contributed by atoms with Crippen molar-refractivity contribution >= 4 is 34.6 Å². The number of fused-ring (bicyclic) bond motifs is 1. The van der Waals surface area contributed by atoms with Gasteiger partial charge in [-0.25, -0.2) is 14.2 Å². The van der Waals surface area contributed by atoms with Crippen LogP contribution in [0.25, 0.3) is 22.4 Å². The molecule has 0 radical (unpaired) electrons. The van der Waals surface area contributed by atoms with E-state index in [2.05, 4.69) is 4.98 Å². The van der Waals surface area contributed by atoms with Crippen LogP contribution < -0.4 is 5.73 Å². The van der Waals surface area contributed by atoms with Crippen LogP contribution >= 0.6 is 11.6 Å². The Morgan fingerprint density at radius 3 is 2.47 bits per heavy atom. The second-order valence-electron chi connectivity index (χ2n) is 10.3. The number of rotatable bonds is 2. The molecule has 34 heavy (non-hydrogen) atoms. The van der Waals surface area contributed by atoms with Crippen molar-refractivity contribution in [1.82, 2.24) is 14.8 Å². The van der Waals surface area contributed by atoms with E-state index in [0.29, 0.717) is 42.0 Å². The second kappa shape index (κ2) is 8.27. The number of pyridine rings is 1. The highest BCUT2D eigenvalue weighted by molar-refractivity contribution is 6.30. The SMILES string of the molecule is CC(C)(C)c1cc(-c2ccc(Cl)c(F)c2)nc2cc(C(=O)N3CCN(C(N)=O)CC3(C)C)oc12. The molecule has 0 spiro atoms. The first-order valence-electron chi connectivity index (χ1n) is 11.0. The van der Waals surface area contributed by atoms with Crippen LogP contribution in [0.3, 0.4) is 0 Å². The molecule has 0 unspecified atom stereocenters. The average Bonchev–Trinajstić information content (AvgIpc) is 3.17. The zero-order valence-corrected chi connectivity index (χ0v) is 20.7. The number of piperazine rings is 1. The van der Waals surface area contributed by atoms with Crippen molar-refractivity contribution in [2.75, 3.05) is 19.6 Å². The van der Waals surface area contributed by atoms with Crippen molar-refractivity contribution in [3.63, 3.8) is 0 Å². The lowest BCUT2D eigenvalue weighted by molar-refractivity contribution is 0.0255. The molecule has 3 amide bonds. The summed E-state index contributed by atoms with van der Waals surface area (Å²) in [7, 11) is 0. The molecule has 2 N–H and O–H groups in total. The minimum atomic E-state index is -0.629. The zero-order valence-electron chi connectivity index (χ0n) is 19.9. The highest BCUT2D eigenvalue weighted by atomic mass is 35.5. The summed E-state index contributed by atoms with van der Waals surface area (Å²) < 4.78 is 20.2. The van der Waals surface area contributed by atoms with E-state index in [9.17, 15) is 14.0 Å². The Bertz CT molecular complexity index is 1300. The van der Waals surface area contributed by atoms with E-state index in [0.717, 1.165) is 5.56 Å². The number of hydrogen-bond acceptors (Lipinski definition) is 4. The molecule has 2 aromatic heterocycles. The van der Waals surface area contributed by atoms with Crippen molar-refractivity contribution in [2.45, 2.75) is 45.6 Å². The van der Waals surface area contributed by atoms with E-state index >= 15 is 0 Å². The van der Waals surface area contributed by atoms with Gasteiger partial charge in [0.1, 0.15) is 11.3 Å². The second-order valence-corrected chi connectivity index (χ2v) is 10.7. The molecular weight excluding hydrogens is 459 g/mol. The van der Waals surface area contributed by atoms with Gasteiger partial charge >= 0.3 is 6.03 Å². The summed E-state index contributed by atoms with van der Waals surface area (Å²) in [6, 6.07) is 7.52. The molecule has 1 aromatic carbocycles. The van der Waals surface area contributed by atoms with Crippen LogP contribution in [0.1, 0.15) is 50.7 Å². The van der Waals surface area contributed by atoms with Crippen molar-refractivity contribution in [2.24, 2.45) is 5.73 Å². The topological polar surface area (TPSA) is 92.7 Å². The summed E-state index contributed by atoms with van der Waals surface area (Å²) in [6.45, 7) is 10.9. The van der Waals surface area contributed by atoms with Crippen LogP contribution in [-0.4, -0.2) is 51.9 Å². The lowest BCUT2D eigenvalue weighted by Gasteiger charge is -2.46. The monoisotopic (exact) mass is 486 g/mol. The Morgan fingerprint density at radius 1 is 1.18 bits per heavy atom. The Morgan fingerprint density at radius 2 is 1.88 bits per heavy atom.